The van der Waals surface area contributed by atoms with E-state index in [4.69, 9.17) is 9.47 Å². The fourth-order valence-electron chi connectivity index (χ4n) is 3.67. The Balaban J connectivity index is 0.000000369. The summed E-state index contributed by atoms with van der Waals surface area (Å²) in [5, 5.41) is 2.64. The summed E-state index contributed by atoms with van der Waals surface area (Å²) in [6, 6.07) is 13.9. The van der Waals surface area contributed by atoms with E-state index in [2.05, 4.69) is 36.7 Å². The molecule has 2 amide bonds. The lowest BCUT2D eigenvalue weighted by molar-refractivity contribution is -0.109. The number of amides is 2. The molecule has 0 spiro atoms. The molecule has 6 nitrogen and oxygen atoms in total. The molecule has 2 aromatic rings. The number of allylic oxidation sites excluding steroid dienone is 2. The van der Waals surface area contributed by atoms with Gasteiger partial charge >= 0.3 is 0 Å². The molecule has 2 aliphatic heterocycles. The van der Waals surface area contributed by atoms with E-state index in [-0.39, 0.29) is 12.7 Å². The van der Waals surface area contributed by atoms with Crippen LogP contribution in [0.2, 0.25) is 0 Å². The molecule has 1 saturated carbocycles. The summed E-state index contributed by atoms with van der Waals surface area (Å²) in [6.07, 6.45) is 10.4. The molecule has 2 aromatic carbocycles. The van der Waals surface area contributed by atoms with Crippen LogP contribution < -0.4 is 19.7 Å². The summed E-state index contributed by atoms with van der Waals surface area (Å²) in [6.45, 7) is 6.94. The Bertz CT molecular complexity index is 1090. The van der Waals surface area contributed by atoms with Crippen LogP contribution in [0.4, 0.5) is 5.69 Å². The molecule has 0 bridgehead atoms. The molecule has 0 aromatic heterocycles. The molecule has 0 radical (unpaired) electrons. The second-order valence-electron chi connectivity index (χ2n) is 8.07. The van der Waals surface area contributed by atoms with Gasteiger partial charge in [0, 0.05) is 18.2 Å². The normalized spacial score (nSPS) is 15.8. The number of hydrogen-bond donors (Lipinski definition) is 1. The van der Waals surface area contributed by atoms with Crippen molar-refractivity contribution < 1.29 is 19.1 Å². The molecular formula is C28H34N2O4S. The summed E-state index contributed by atoms with van der Waals surface area (Å²) < 4.78 is 10.8. The van der Waals surface area contributed by atoms with Gasteiger partial charge in [0.25, 0.3) is 5.91 Å². The van der Waals surface area contributed by atoms with Crippen molar-refractivity contribution in [2.75, 3.05) is 24.5 Å². The standard InChI is InChI=1S/C22H21NO3S.C4H7NO.C2H6/c1-15(27-2)11-16-9-10-23(19-6-4-3-5-17(19)12-16)22(24)18-7-8-20-21(13-18)26-14-25-20;6-3-5-4-1-2-4;1-2/h3-8,11-13H,9-10,14H2,1-2H3;3-4H,1-2H2,(H,5,6);1-2H3/b15-11-;;. The van der Waals surface area contributed by atoms with Gasteiger partial charge in [-0.3, -0.25) is 9.59 Å². The zero-order chi connectivity index (χ0) is 25.2. The number of para-hydroxylation sites is 1. The Morgan fingerprint density at radius 2 is 1.86 bits per heavy atom. The number of nitrogens with zero attached hydrogens (tertiary/aromatic N) is 1. The number of rotatable bonds is 5. The quantitative estimate of drug-likeness (QED) is 0.514. The van der Waals surface area contributed by atoms with Gasteiger partial charge in [-0.25, -0.2) is 0 Å². The third kappa shape index (κ3) is 7.15. The molecule has 0 atom stereocenters. The minimum atomic E-state index is -0.0269. The van der Waals surface area contributed by atoms with Gasteiger partial charge in [-0.05, 0) is 84.9 Å². The largest absolute Gasteiger partial charge is 0.454 e. The maximum absolute atomic E-state index is 13.3. The van der Waals surface area contributed by atoms with Crippen LogP contribution >= 0.6 is 11.8 Å². The van der Waals surface area contributed by atoms with E-state index in [9.17, 15) is 9.59 Å². The first-order valence-electron chi connectivity index (χ1n) is 12.0. The number of benzene rings is 2. The smallest absolute Gasteiger partial charge is 0.258 e. The zero-order valence-corrected chi connectivity index (χ0v) is 21.7. The Kier molecular flexibility index (Phi) is 9.85. The number of hydrogen-bond acceptors (Lipinski definition) is 5. The highest BCUT2D eigenvalue weighted by molar-refractivity contribution is 8.02. The second kappa shape index (κ2) is 13.0. The van der Waals surface area contributed by atoms with Gasteiger partial charge in [-0.15, -0.1) is 11.8 Å². The molecule has 35 heavy (non-hydrogen) atoms. The van der Waals surface area contributed by atoms with E-state index in [0.29, 0.717) is 29.6 Å². The number of anilines is 1. The topological polar surface area (TPSA) is 67.9 Å². The van der Waals surface area contributed by atoms with Gasteiger partial charge in [-0.1, -0.05) is 32.0 Å². The lowest BCUT2D eigenvalue weighted by Gasteiger charge is -2.23. The minimum absolute atomic E-state index is 0.0269. The van der Waals surface area contributed by atoms with E-state index in [1.165, 1.54) is 23.3 Å². The van der Waals surface area contributed by atoms with Gasteiger partial charge in [0.1, 0.15) is 0 Å². The highest BCUT2D eigenvalue weighted by Crippen LogP contribution is 2.35. The lowest BCUT2D eigenvalue weighted by atomic mass is 10.1. The lowest BCUT2D eigenvalue weighted by Crippen LogP contribution is -2.32. The van der Waals surface area contributed by atoms with Crippen LogP contribution in [-0.2, 0) is 4.79 Å². The Morgan fingerprint density at radius 3 is 2.54 bits per heavy atom. The van der Waals surface area contributed by atoms with Crippen LogP contribution in [0.3, 0.4) is 0 Å². The fraction of sp³-hybridized carbons (Fsp3) is 0.357. The van der Waals surface area contributed by atoms with Crippen LogP contribution in [0.25, 0.3) is 6.08 Å². The van der Waals surface area contributed by atoms with Crippen molar-refractivity contribution in [3.05, 3.63) is 70.1 Å². The molecule has 1 aliphatic carbocycles. The predicted octanol–water partition coefficient (Wildman–Crippen LogP) is 6.04. The highest BCUT2D eigenvalue weighted by atomic mass is 32.2. The van der Waals surface area contributed by atoms with Crippen molar-refractivity contribution in [1.82, 2.24) is 5.32 Å². The van der Waals surface area contributed by atoms with Crippen molar-refractivity contribution in [3.8, 4) is 11.5 Å². The number of carbonyl (C=O) groups excluding carboxylic acids is 2. The average molecular weight is 495 g/mol. The van der Waals surface area contributed by atoms with Gasteiger partial charge in [-0.2, -0.15) is 0 Å². The molecule has 0 unspecified atom stereocenters. The van der Waals surface area contributed by atoms with Crippen molar-refractivity contribution in [1.29, 1.82) is 0 Å². The fourth-order valence-corrected chi connectivity index (χ4v) is 3.93. The SMILES string of the molecule is CC.CS/C(C)=C\C1=Cc2ccccc2N(C(=O)c2ccc3c(c2)OCO3)CC1.O=CNC1CC1. The summed E-state index contributed by atoms with van der Waals surface area (Å²) >= 11 is 1.74. The minimum Gasteiger partial charge on any atom is -0.454 e. The van der Waals surface area contributed by atoms with E-state index in [1.54, 1.807) is 30.0 Å². The zero-order valence-electron chi connectivity index (χ0n) is 20.9. The molecule has 3 aliphatic rings. The van der Waals surface area contributed by atoms with Crippen LogP contribution in [0, 0.1) is 0 Å². The van der Waals surface area contributed by atoms with Crippen molar-refractivity contribution in [2.24, 2.45) is 0 Å². The average Bonchev–Trinajstić information content (AvgIpc) is 3.62. The number of carbonyl (C=O) groups is 2. The summed E-state index contributed by atoms with van der Waals surface area (Å²) in [7, 11) is 0. The molecule has 0 saturated heterocycles. The summed E-state index contributed by atoms with van der Waals surface area (Å²) in [5.41, 5.74) is 3.83. The third-order valence-electron chi connectivity index (χ3n) is 5.65. The monoisotopic (exact) mass is 494 g/mol. The van der Waals surface area contributed by atoms with E-state index in [0.717, 1.165) is 24.1 Å². The number of fused-ring (bicyclic) bond motifs is 2. The second-order valence-corrected chi connectivity index (χ2v) is 9.12. The van der Waals surface area contributed by atoms with E-state index in [1.807, 2.05) is 36.9 Å². The Labute approximate surface area is 212 Å². The number of thioether (sulfide) groups is 1. The van der Waals surface area contributed by atoms with Crippen molar-refractivity contribution in [2.45, 2.75) is 46.1 Å². The first-order chi connectivity index (χ1) is 17.1. The number of ether oxygens (including phenoxy) is 2. The molecule has 1 fully saturated rings. The Morgan fingerprint density at radius 1 is 1.11 bits per heavy atom. The summed E-state index contributed by atoms with van der Waals surface area (Å²) in [5.74, 6) is 1.28. The van der Waals surface area contributed by atoms with Crippen molar-refractivity contribution >= 4 is 35.8 Å². The number of nitrogens with one attached hydrogen (secondary N) is 1. The predicted molar refractivity (Wildman–Crippen MR) is 144 cm³/mol. The molecule has 7 heteroatoms. The molecular weight excluding hydrogens is 460 g/mol. The van der Waals surface area contributed by atoms with Gasteiger partial charge in [0.15, 0.2) is 11.5 Å². The van der Waals surface area contributed by atoms with E-state index < -0.39 is 0 Å². The maximum atomic E-state index is 13.3. The summed E-state index contributed by atoms with van der Waals surface area (Å²) in [4.78, 5) is 25.9. The van der Waals surface area contributed by atoms with E-state index >= 15 is 0 Å². The maximum Gasteiger partial charge on any atom is 0.258 e. The van der Waals surface area contributed by atoms with Crippen LogP contribution in [0.15, 0.2) is 59.0 Å². The van der Waals surface area contributed by atoms with Gasteiger partial charge in [0.05, 0.1) is 5.69 Å². The van der Waals surface area contributed by atoms with Crippen LogP contribution in [-0.4, -0.2) is 38.0 Å². The Hall–Kier alpha value is -3.19. The molecule has 5 rings (SSSR count). The molecule has 1 N–H and O–H groups in total. The van der Waals surface area contributed by atoms with Gasteiger partial charge < -0.3 is 19.7 Å². The molecule has 2 heterocycles. The first-order valence-corrected chi connectivity index (χ1v) is 13.2. The van der Waals surface area contributed by atoms with Crippen LogP contribution in [0.1, 0.15) is 56.0 Å². The van der Waals surface area contributed by atoms with Crippen LogP contribution in [0.5, 0.6) is 11.5 Å². The molecule has 186 valence electrons. The first kappa shape index (κ1) is 26.4. The van der Waals surface area contributed by atoms with Crippen molar-refractivity contribution in [3.63, 3.8) is 0 Å². The highest BCUT2D eigenvalue weighted by Gasteiger charge is 2.24. The van der Waals surface area contributed by atoms with Gasteiger partial charge in [0.2, 0.25) is 13.2 Å². The third-order valence-corrected chi connectivity index (χ3v) is 6.41.